The molecule has 0 aromatic heterocycles. The van der Waals surface area contributed by atoms with Crippen LogP contribution >= 0.6 is 0 Å². The molecule has 82 valence electrons. The Balaban J connectivity index is 2.97. The molecule has 0 amide bonds. The Bertz CT molecular complexity index is 490. The van der Waals surface area contributed by atoms with Crippen molar-refractivity contribution >= 4 is 0 Å². The third-order valence-electron chi connectivity index (χ3n) is 1.42. The molecule has 1 aromatic rings. The third-order valence-corrected chi connectivity index (χ3v) is 1.42. The van der Waals surface area contributed by atoms with E-state index in [-0.39, 0.29) is 5.56 Å². The zero-order chi connectivity index (χ0) is 12.2. The summed E-state index contributed by atoms with van der Waals surface area (Å²) in [5, 5.41) is 8.11. The Kier molecular flexibility index (Phi) is 3.37. The number of ether oxygens (including phenoxy) is 1. The minimum Gasteiger partial charge on any atom is -0.403 e. The molecule has 0 saturated carbocycles. The van der Waals surface area contributed by atoms with Crippen molar-refractivity contribution in [2.24, 2.45) is 0 Å². The smallest absolute Gasteiger partial charge is 0.403 e. The van der Waals surface area contributed by atoms with Gasteiger partial charge < -0.3 is 4.74 Å². The average molecular weight is 229 g/mol. The normalized spacial score (nSPS) is 9.94. The maximum Gasteiger partial charge on any atom is 0.573 e. The monoisotopic (exact) mass is 229 g/mol. The molecule has 0 radical (unpaired) electrons. The predicted octanol–water partition coefficient (Wildman–Crippen LogP) is 2.60. The first-order valence-corrected chi connectivity index (χ1v) is 3.88. The SMILES string of the molecule is N#CC#Cc1ccc(OC(F)(F)F)c(F)c1. The first kappa shape index (κ1) is 11.9. The number of alkyl halides is 3. The van der Waals surface area contributed by atoms with E-state index in [9.17, 15) is 17.6 Å². The fraction of sp³-hybridized carbons (Fsp3) is 0.100. The lowest BCUT2D eigenvalue weighted by Crippen LogP contribution is -2.17. The number of halogens is 4. The van der Waals surface area contributed by atoms with Gasteiger partial charge in [-0.1, -0.05) is 5.92 Å². The Labute approximate surface area is 88.1 Å². The van der Waals surface area contributed by atoms with E-state index < -0.39 is 17.9 Å². The second-order valence-electron chi connectivity index (χ2n) is 2.55. The summed E-state index contributed by atoms with van der Waals surface area (Å²) in [5.41, 5.74) is 0.0913. The lowest BCUT2D eigenvalue weighted by molar-refractivity contribution is -0.275. The van der Waals surface area contributed by atoms with Crippen molar-refractivity contribution in [1.82, 2.24) is 0 Å². The van der Waals surface area contributed by atoms with Gasteiger partial charge >= 0.3 is 6.36 Å². The standard InChI is InChI=1S/C10H3F4NO/c11-8-6-7(2-1-5-15)3-4-9(8)16-10(12,13)14/h3-4,6H. The van der Waals surface area contributed by atoms with Crippen molar-refractivity contribution in [3.63, 3.8) is 0 Å². The first-order valence-electron chi connectivity index (χ1n) is 3.88. The van der Waals surface area contributed by atoms with Crippen LogP contribution in [0.25, 0.3) is 0 Å². The van der Waals surface area contributed by atoms with Crippen LogP contribution in [0.5, 0.6) is 5.75 Å². The molecule has 0 aliphatic heterocycles. The van der Waals surface area contributed by atoms with Crippen molar-refractivity contribution in [2.45, 2.75) is 6.36 Å². The molecule has 6 heteroatoms. The number of rotatable bonds is 1. The van der Waals surface area contributed by atoms with E-state index >= 15 is 0 Å². The molecule has 0 heterocycles. The van der Waals surface area contributed by atoms with Crippen molar-refractivity contribution in [2.75, 3.05) is 0 Å². The molecule has 0 aliphatic carbocycles. The van der Waals surface area contributed by atoms with Crippen LogP contribution < -0.4 is 4.74 Å². The second kappa shape index (κ2) is 4.54. The van der Waals surface area contributed by atoms with Crippen LogP contribution in [0.1, 0.15) is 5.56 Å². The topological polar surface area (TPSA) is 33.0 Å². The zero-order valence-electron chi connectivity index (χ0n) is 7.60. The van der Waals surface area contributed by atoms with Crippen molar-refractivity contribution in [1.29, 1.82) is 5.26 Å². The fourth-order valence-electron chi connectivity index (χ4n) is 0.886. The number of benzene rings is 1. The number of hydrogen-bond donors (Lipinski definition) is 0. The molecule has 2 nitrogen and oxygen atoms in total. The number of hydrogen-bond acceptors (Lipinski definition) is 2. The third kappa shape index (κ3) is 3.50. The van der Waals surface area contributed by atoms with Crippen LogP contribution in [0.4, 0.5) is 17.6 Å². The van der Waals surface area contributed by atoms with Gasteiger partial charge in [-0.25, -0.2) is 4.39 Å². The van der Waals surface area contributed by atoms with Gasteiger partial charge in [-0.05, 0) is 18.2 Å². The summed E-state index contributed by atoms with van der Waals surface area (Å²) in [7, 11) is 0. The summed E-state index contributed by atoms with van der Waals surface area (Å²) in [6.45, 7) is 0. The van der Waals surface area contributed by atoms with Gasteiger partial charge in [-0.15, -0.1) is 13.2 Å². The molecule has 1 aromatic carbocycles. The molecular weight excluding hydrogens is 226 g/mol. The largest absolute Gasteiger partial charge is 0.573 e. The van der Waals surface area contributed by atoms with E-state index in [1.165, 1.54) is 6.07 Å². The molecule has 0 spiro atoms. The molecule has 0 unspecified atom stereocenters. The van der Waals surface area contributed by atoms with Crippen LogP contribution in [-0.2, 0) is 0 Å². The second-order valence-corrected chi connectivity index (χ2v) is 2.55. The zero-order valence-corrected chi connectivity index (χ0v) is 7.60. The molecule has 0 N–H and O–H groups in total. The van der Waals surface area contributed by atoms with Gasteiger partial charge in [0.25, 0.3) is 0 Å². The van der Waals surface area contributed by atoms with E-state index in [1.807, 2.05) is 5.92 Å². The fourth-order valence-corrected chi connectivity index (χ4v) is 0.886. The van der Waals surface area contributed by atoms with Crippen LogP contribution in [0.15, 0.2) is 18.2 Å². The lowest BCUT2D eigenvalue weighted by Gasteiger charge is -2.09. The Morgan fingerprint density at radius 2 is 1.94 bits per heavy atom. The maximum absolute atomic E-state index is 13.0. The highest BCUT2D eigenvalue weighted by atomic mass is 19.4. The number of nitriles is 1. The van der Waals surface area contributed by atoms with Gasteiger partial charge in [0, 0.05) is 11.5 Å². The Morgan fingerprint density at radius 1 is 1.25 bits per heavy atom. The Hall–Kier alpha value is -2.21. The van der Waals surface area contributed by atoms with Crippen LogP contribution in [0, 0.1) is 29.0 Å². The molecule has 0 fully saturated rings. The highest BCUT2D eigenvalue weighted by Crippen LogP contribution is 2.25. The highest BCUT2D eigenvalue weighted by molar-refractivity contribution is 5.41. The lowest BCUT2D eigenvalue weighted by atomic mass is 10.2. The van der Waals surface area contributed by atoms with Gasteiger partial charge in [0.1, 0.15) is 0 Å². The van der Waals surface area contributed by atoms with E-state index in [1.54, 1.807) is 0 Å². The summed E-state index contributed by atoms with van der Waals surface area (Å²) in [4.78, 5) is 0. The molecule has 0 bridgehead atoms. The van der Waals surface area contributed by atoms with Crippen LogP contribution in [0.2, 0.25) is 0 Å². The van der Waals surface area contributed by atoms with Crippen molar-refractivity contribution < 1.29 is 22.3 Å². The van der Waals surface area contributed by atoms with Crippen molar-refractivity contribution in [3.05, 3.63) is 29.6 Å². The number of nitrogens with zero attached hydrogens (tertiary/aromatic N) is 1. The highest BCUT2D eigenvalue weighted by Gasteiger charge is 2.32. The summed E-state index contributed by atoms with van der Waals surface area (Å²) in [6, 6.07) is 4.16. The molecular formula is C10H3F4NO. The summed E-state index contributed by atoms with van der Waals surface area (Å²) >= 11 is 0. The maximum atomic E-state index is 13.0. The molecule has 0 aliphatic rings. The Morgan fingerprint density at radius 3 is 2.44 bits per heavy atom. The predicted molar refractivity (Wildman–Crippen MR) is 45.6 cm³/mol. The van der Waals surface area contributed by atoms with Gasteiger partial charge in [0.05, 0.1) is 0 Å². The quantitative estimate of drug-likeness (QED) is 0.547. The minimum absolute atomic E-state index is 0.0913. The summed E-state index contributed by atoms with van der Waals surface area (Å²) in [6.07, 6.45) is -4.94. The molecule has 0 atom stereocenters. The molecule has 1 rings (SSSR count). The van der Waals surface area contributed by atoms with E-state index in [4.69, 9.17) is 5.26 Å². The van der Waals surface area contributed by atoms with Gasteiger partial charge in [0.15, 0.2) is 17.6 Å². The van der Waals surface area contributed by atoms with Gasteiger partial charge in [-0.3, -0.25) is 0 Å². The van der Waals surface area contributed by atoms with E-state index in [0.29, 0.717) is 0 Å². The van der Waals surface area contributed by atoms with Crippen LogP contribution in [0.3, 0.4) is 0 Å². The van der Waals surface area contributed by atoms with Crippen LogP contribution in [-0.4, -0.2) is 6.36 Å². The van der Waals surface area contributed by atoms with E-state index in [0.717, 1.165) is 18.2 Å². The van der Waals surface area contributed by atoms with Crippen molar-refractivity contribution in [3.8, 4) is 23.7 Å². The summed E-state index contributed by atoms with van der Waals surface area (Å²) in [5.74, 6) is 2.09. The first-order chi connectivity index (χ1) is 7.42. The van der Waals surface area contributed by atoms with Gasteiger partial charge in [-0.2, -0.15) is 5.26 Å². The summed E-state index contributed by atoms with van der Waals surface area (Å²) < 4.78 is 51.7. The molecule has 16 heavy (non-hydrogen) atoms. The minimum atomic E-state index is -4.94. The van der Waals surface area contributed by atoms with E-state index in [2.05, 4.69) is 10.7 Å². The molecule has 0 saturated heterocycles. The average Bonchev–Trinajstić information content (AvgIpc) is 2.17. The van der Waals surface area contributed by atoms with Gasteiger partial charge in [0.2, 0.25) is 0 Å².